The summed E-state index contributed by atoms with van der Waals surface area (Å²) in [4.78, 5) is 28.6. The summed E-state index contributed by atoms with van der Waals surface area (Å²) in [6.45, 7) is 0.502. The minimum Gasteiger partial charge on any atom is -0.350 e. The molecule has 1 aliphatic heterocycles. The fraction of sp³-hybridized carbons (Fsp3) is 0.100. The fourth-order valence-corrected chi connectivity index (χ4v) is 4.80. The van der Waals surface area contributed by atoms with Crippen molar-refractivity contribution in [1.82, 2.24) is 10.2 Å². The Morgan fingerprint density at radius 2 is 1.69 bits per heavy atom. The molecule has 5 nitrogen and oxygen atoms in total. The second kappa shape index (κ2) is 10.1. The number of benzene rings is 4. The van der Waals surface area contributed by atoms with E-state index in [4.69, 9.17) is 16.9 Å². The first-order valence-corrected chi connectivity index (χ1v) is 11.9. The predicted octanol–water partition coefficient (Wildman–Crippen LogP) is 5.89. The van der Waals surface area contributed by atoms with Crippen molar-refractivity contribution in [3.05, 3.63) is 130 Å². The summed E-state index contributed by atoms with van der Waals surface area (Å²) in [5.41, 5.74) is 5.38. The molecule has 0 bridgehead atoms. The molecule has 1 unspecified atom stereocenters. The third-order valence-electron chi connectivity index (χ3n) is 6.33. The second-order valence-corrected chi connectivity index (χ2v) is 9.06. The van der Waals surface area contributed by atoms with Crippen molar-refractivity contribution in [1.29, 1.82) is 5.26 Å². The first-order chi connectivity index (χ1) is 17.5. The van der Waals surface area contributed by atoms with Crippen LogP contribution in [0.5, 0.6) is 0 Å². The summed E-state index contributed by atoms with van der Waals surface area (Å²) < 4.78 is 0. The molecular formula is C30H22ClN3O2. The zero-order valence-corrected chi connectivity index (χ0v) is 20.1. The minimum atomic E-state index is -0.825. The lowest BCUT2D eigenvalue weighted by molar-refractivity contribution is -0.125. The van der Waals surface area contributed by atoms with Gasteiger partial charge in [-0.3, -0.25) is 9.59 Å². The molecule has 4 aromatic rings. The molecular weight excluding hydrogens is 470 g/mol. The number of carbonyl (C=O) groups excluding carboxylic acids is 2. The Bertz CT molecular complexity index is 1490. The smallest absolute Gasteiger partial charge is 0.255 e. The van der Waals surface area contributed by atoms with E-state index in [0.29, 0.717) is 21.7 Å². The van der Waals surface area contributed by atoms with Crippen LogP contribution in [0.25, 0.3) is 11.1 Å². The van der Waals surface area contributed by atoms with Gasteiger partial charge in [-0.1, -0.05) is 78.3 Å². The molecule has 0 saturated carbocycles. The van der Waals surface area contributed by atoms with E-state index in [9.17, 15) is 9.59 Å². The molecule has 5 rings (SSSR count). The fourth-order valence-electron chi connectivity index (χ4n) is 4.62. The maximum Gasteiger partial charge on any atom is 0.255 e. The van der Waals surface area contributed by atoms with Gasteiger partial charge in [0.05, 0.1) is 11.6 Å². The van der Waals surface area contributed by atoms with E-state index < -0.39 is 6.04 Å². The van der Waals surface area contributed by atoms with Gasteiger partial charge in [0.15, 0.2) is 0 Å². The Hall–Kier alpha value is -4.40. The number of nitrogens with one attached hydrogen (secondary N) is 1. The van der Waals surface area contributed by atoms with Crippen molar-refractivity contribution in [2.24, 2.45) is 0 Å². The lowest BCUT2D eigenvalue weighted by Crippen LogP contribution is -2.38. The quantitative estimate of drug-likeness (QED) is 0.365. The van der Waals surface area contributed by atoms with Crippen LogP contribution in [0.3, 0.4) is 0 Å². The molecule has 1 heterocycles. The van der Waals surface area contributed by atoms with Gasteiger partial charge in [0.1, 0.15) is 6.04 Å². The standard InChI is InChI=1S/C30H22ClN3O2/c31-24-13-14-26-27(16-24)28(29(35)33-18-21-8-6-7-20(15-21)17-32)34(30(26)36)19-23-11-4-5-12-25(23)22-9-2-1-3-10-22/h1-16,28H,18-19H2,(H,33,35). The summed E-state index contributed by atoms with van der Waals surface area (Å²) in [5.74, 6) is -0.514. The van der Waals surface area contributed by atoms with Gasteiger partial charge in [-0.25, -0.2) is 0 Å². The van der Waals surface area contributed by atoms with E-state index in [-0.39, 0.29) is 24.9 Å². The highest BCUT2D eigenvalue weighted by Crippen LogP contribution is 2.38. The van der Waals surface area contributed by atoms with Crippen LogP contribution >= 0.6 is 11.6 Å². The van der Waals surface area contributed by atoms with Crippen LogP contribution in [0.2, 0.25) is 5.02 Å². The lowest BCUT2D eigenvalue weighted by atomic mass is 9.99. The molecule has 4 aromatic carbocycles. The molecule has 2 amide bonds. The molecule has 0 spiro atoms. The Morgan fingerprint density at radius 1 is 0.917 bits per heavy atom. The molecule has 36 heavy (non-hydrogen) atoms. The van der Waals surface area contributed by atoms with E-state index in [1.165, 1.54) is 0 Å². The maximum absolute atomic E-state index is 13.5. The highest BCUT2D eigenvalue weighted by Gasteiger charge is 2.41. The number of hydrogen-bond donors (Lipinski definition) is 1. The molecule has 0 aromatic heterocycles. The van der Waals surface area contributed by atoms with Crippen LogP contribution in [-0.2, 0) is 17.9 Å². The van der Waals surface area contributed by atoms with Crippen LogP contribution in [0, 0.1) is 11.3 Å². The first kappa shape index (κ1) is 23.3. The van der Waals surface area contributed by atoms with Gasteiger partial charge in [-0.05, 0) is 58.1 Å². The summed E-state index contributed by atoms with van der Waals surface area (Å²) in [5, 5.41) is 12.6. The normalized spacial score (nSPS) is 14.3. The predicted molar refractivity (Wildman–Crippen MR) is 139 cm³/mol. The third kappa shape index (κ3) is 4.59. The number of carbonyl (C=O) groups is 2. The molecule has 0 saturated heterocycles. The van der Waals surface area contributed by atoms with E-state index >= 15 is 0 Å². The van der Waals surface area contributed by atoms with Crippen molar-refractivity contribution in [3.63, 3.8) is 0 Å². The number of nitrogens with zero attached hydrogens (tertiary/aromatic N) is 2. The molecule has 0 radical (unpaired) electrons. The van der Waals surface area contributed by atoms with Crippen molar-refractivity contribution >= 4 is 23.4 Å². The second-order valence-electron chi connectivity index (χ2n) is 8.62. The number of hydrogen-bond acceptors (Lipinski definition) is 3. The van der Waals surface area contributed by atoms with Gasteiger partial charge >= 0.3 is 0 Å². The first-order valence-electron chi connectivity index (χ1n) is 11.6. The van der Waals surface area contributed by atoms with Gasteiger partial charge < -0.3 is 10.2 Å². The Labute approximate surface area is 214 Å². The van der Waals surface area contributed by atoms with Crippen molar-refractivity contribution in [2.45, 2.75) is 19.1 Å². The van der Waals surface area contributed by atoms with Crippen molar-refractivity contribution < 1.29 is 9.59 Å². The van der Waals surface area contributed by atoms with Crippen LogP contribution in [0.4, 0.5) is 0 Å². The zero-order chi connectivity index (χ0) is 25.1. The minimum absolute atomic E-state index is 0.212. The Balaban J connectivity index is 1.47. The van der Waals surface area contributed by atoms with Gasteiger partial charge in [-0.15, -0.1) is 0 Å². The highest BCUT2D eigenvalue weighted by molar-refractivity contribution is 6.31. The van der Waals surface area contributed by atoms with Crippen molar-refractivity contribution in [3.8, 4) is 17.2 Å². The zero-order valence-electron chi connectivity index (χ0n) is 19.3. The van der Waals surface area contributed by atoms with Gasteiger partial charge in [0.25, 0.3) is 5.91 Å². The SMILES string of the molecule is N#Cc1cccc(CNC(=O)C2c3cc(Cl)ccc3C(=O)N2Cc2ccccc2-c2ccccc2)c1. The highest BCUT2D eigenvalue weighted by atomic mass is 35.5. The van der Waals surface area contributed by atoms with Gasteiger partial charge in [0.2, 0.25) is 5.91 Å². The molecule has 6 heteroatoms. The summed E-state index contributed by atoms with van der Waals surface area (Å²) in [6.07, 6.45) is 0. The summed E-state index contributed by atoms with van der Waals surface area (Å²) in [7, 11) is 0. The maximum atomic E-state index is 13.5. The van der Waals surface area contributed by atoms with Crippen LogP contribution in [0.1, 0.15) is 38.7 Å². The summed E-state index contributed by atoms with van der Waals surface area (Å²) >= 11 is 6.27. The number of fused-ring (bicyclic) bond motifs is 1. The lowest BCUT2D eigenvalue weighted by Gasteiger charge is -2.26. The molecule has 1 aliphatic rings. The van der Waals surface area contributed by atoms with Crippen molar-refractivity contribution in [2.75, 3.05) is 0 Å². The largest absolute Gasteiger partial charge is 0.350 e. The third-order valence-corrected chi connectivity index (χ3v) is 6.56. The van der Waals surface area contributed by atoms with E-state index in [0.717, 1.165) is 22.3 Å². The molecule has 0 fully saturated rings. The van der Waals surface area contributed by atoms with E-state index in [2.05, 4.69) is 11.4 Å². The average molecular weight is 492 g/mol. The number of nitriles is 1. The number of rotatable bonds is 6. The van der Waals surface area contributed by atoms with E-state index in [1.807, 2.05) is 60.7 Å². The van der Waals surface area contributed by atoms with Gasteiger partial charge in [0, 0.05) is 23.7 Å². The number of halogens is 1. The Kier molecular flexibility index (Phi) is 6.53. The van der Waals surface area contributed by atoms with Crippen LogP contribution in [-0.4, -0.2) is 16.7 Å². The number of amides is 2. The molecule has 1 atom stereocenters. The topological polar surface area (TPSA) is 73.2 Å². The van der Waals surface area contributed by atoms with Gasteiger partial charge in [-0.2, -0.15) is 5.26 Å². The molecule has 1 N–H and O–H groups in total. The van der Waals surface area contributed by atoms with Crippen LogP contribution < -0.4 is 5.32 Å². The Morgan fingerprint density at radius 3 is 2.50 bits per heavy atom. The van der Waals surface area contributed by atoms with Crippen LogP contribution in [0.15, 0.2) is 97.1 Å². The van der Waals surface area contributed by atoms with E-state index in [1.54, 1.807) is 41.3 Å². The molecule has 0 aliphatic carbocycles. The average Bonchev–Trinajstić information content (AvgIpc) is 3.18. The monoisotopic (exact) mass is 491 g/mol. The molecule has 176 valence electrons. The summed E-state index contributed by atoms with van der Waals surface area (Å²) in [6, 6.07) is 31.3.